The van der Waals surface area contributed by atoms with Gasteiger partial charge in [0.2, 0.25) is 10.0 Å². The largest absolute Gasteiger partial charge is 0.497 e. The number of hydrogen-bond donors (Lipinski definition) is 1. The second-order valence-electron chi connectivity index (χ2n) is 9.29. The number of methoxy groups -OCH3 is 1. The molecule has 0 aromatic heterocycles. The Hall–Kier alpha value is -1.93. The fourth-order valence-corrected chi connectivity index (χ4v) is 6.32. The normalized spacial score (nSPS) is 25.9. The first-order valence-electron chi connectivity index (χ1n) is 11.9. The smallest absolute Gasteiger partial charge is 0.211 e. The molecular formula is C26H36N2O4S. The molecule has 180 valence electrons. The van der Waals surface area contributed by atoms with E-state index in [0.717, 1.165) is 50.0 Å². The van der Waals surface area contributed by atoms with Gasteiger partial charge in [-0.1, -0.05) is 42.5 Å². The van der Waals surface area contributed by atoms with Crippen molar-refractivity contribution in [3.63, 3.8) is 0 Å². The van der Waals surface area contributed by atoms with Gasteiger partial charge in [-0.25, -0.2) is 8.42 Å². The van der Waals surface area contributed by atoms with Crippen molar-refractivity contribution in [1.29, 1.82) is 0 Å². The summed E-state index contributed by atoms with van der Waals surface area (Å²) in [5.41, 5.74) is 2.38. The van der Waals surface area contributed by atoms with Crippen molar-refractivity contribution in [2.75, 3.05) is 26.5 Å². The van der Waals surface area contributed by atoms with Crippen molar-refractivity contribution in [3.05, 3.63) is 65.7 Å². The van der Waals surface area contributed by atoms with E-state index in [9.17, 15) is 8.42 Å². The molecule has 6 nitrogen and oxygen atoms in total. The standard InChI is InChI=1S/C26H36N2O4S/c1-31-23-12-8-20(9-13-23)18-28(33(2,29)30)26-16-17-27-25(26)19-32-24-14-10-22(11-15-24)21-6-4-3-5-7-21/h3-9,12-13,22,24-27H,10-11,14-19H2,1-2H3. The average molecular weight is 473 g/mol. The molecule has 2 aromatic rings. The first kappa shape index (κ1) is 24.2. The SMILES string of the molecule is COc1ccc(CN(C2CCNC2COC2CCC(c3ccccc3)CC2)S(C)(=O)=O)cc1. The lowest BCUT2D eigenvalue weighted by Crippen LogP contribution is -2.48. The van der Waals surface area contributed by atoms with Gasteiger partial charge in [-0.15, -0.1) is 0 Å². The van der Waals surface area contributed by atoms with Gasteiger partial charge in [0.15, 0.2) is 0 Å². The van der Waals surface area contributed by atoms with Gasteiger partial charge in [0.25, 0.3) is 0 Å². The first-order chi connectivity index (χ1) is 15.9. The molecule has 2 atom stereocenters. The van der Waals surface area contributed by atoms with Crippen LogP contribution in [0, 0.1) is 0 Å². The highest BCUT2D eigenvalue weighted by molar-refractivity contribution is 7.88. The number of ether oxygens (including phenoxy) is 2. The molecular weight excluding hydrogens is 436 g/mol. The van der Waals surface area contributed by atoms with Gasteiger partial charge in [-0.2, -0.15) is 4.31 Å². The van der Waals surface area contributed by atoms with Crippen LogP contribution in [0.15, 0.2) is 54.6 Å². The fourth-order valence-electron chi connectivity index (χ4n) is 5.19. The number of nitrogens with zero attached hydrogens (tertiary/aromatic N) is 1. The molecule has 2 aliphatic rings. The molecule has 1 heterocycles. The van der Waals surface area contributed by atoms with Crippen LogP contribution in [0.25, 0.3) is 0 Å². The highest BCUT2D eigenvalue weighted by Gasteiger charge is 2.37. The van der Waals surface area contributed by atoms with Gasteiger partial charge in [0.05, 0.1) is 26.1 Å². The molecule has 2 aromatic carbocycles. The minimum atomic E-state index is -3.37. The van der Waals surface area contributed by atoms with Crippen molar-refractivity contribution in [2.24, 2.45) is 0 Å². The van der Waals surface area contributed by atoms with Crippen LogP contribution in [0.4, 0.5) is 0 Å². The third-order valence-corrected chi connectivity index (χ3v) is 8.31. The third kappa shape index (κ3) is 6.35. The lowest BCUT2D eigenvalue weighted by molar-refractivity contribution is 0.00803. The monoisotopic (exact) mass is 472 g/mol. The van der Waals surface area contributed by atoms with Crippen LogP contribution in [0.1, 0.15) is 49.1 Å². The minimum Gasteiger partial charge on any atom is -0.497 e. The maximum Gasteiger partial charge on any atom is 0.211 e. The van der Waals surface area contributed by atoms with Gasteiger partial charge in [0.1, 0.15) is 5.75 Å². The van der Waals surface area contributed by atoms with Gasteiger partial charge in [0, 0.05) is 18.6 Å². The van der Waals surface area contributed by atoms with E-state index in [2.05, 4.69) is 35.6 Å². The van der Waals surface area contributed by atoms with Crippen LogP contribution in [0.5, 0.6) is 5.75 Å². The molecule has 1 saturated heterocycles. The summed E-state index contributed by atoms with van der Waals surface area (Å²) in [7, 11) is -1.74. The zero-order chi connectivity index (χ0) is 23.3. The molecule has 2 unspecified atom stereocenters. The van der Waals surface area contributed by atoms with E-state index in [0.29, 0.717) is 19.1 Å². The number of rotatable bonds is 9. The molecule has 1 N–H and O–H groups in total. The van der Waals surface area contributed by atoms with Gasteiger partial charge in [-0.05, 0) is 67.8 Å². The van der Waals surface area contributed by atoms with E-state index >= 15 is 0 Å². The molecule has 0 bridgehead atoms. The lowest BCUT2D eigenvalue weighted by Gasteiger charge is -2.33. The fraction of sp³-hybridized carbons (Fsp3) is 0.538. The molecule has 7 heteroatoms. The zero-order valence-corrected chi connectivity index (χ0v) is 20.5. The summed E-state index contributed by atoms with van der Waals surface area (Å²) in [6, 6.07) is 18.2. The van der Waals surface area contributed by atoms with E-state index in [1.807, 2.05) is 24.3 Å². The van der Waals surface area contributed by atoms with Crippen molar-refractivity contribution in [2.45, 2.75) is 62.8 Å². The summed E-state index contributed by atoms with van der Waals surface area (Å²) in [5, 5.41) is 3.49. The zero-order valence-electron chi connectivity index (χ0n) is 19.7. The highest BCUT2D eigenvalue weighted by Crippen LogP contribution is 2.34. The van der Waals surface area contributed by atoms with Crippen molar-refractivity contribution >= 4 is 10.0 Å². The molecule has 1 saturated carbocycles. The quantitative estimate of drug-likeness (QED) is 0.599. The predicted molar refractivity (Wildman–Crippen MR) is 131 cm³/mol. The number of benzene rings is 2. The second kappa shape index (κ2) is 11.0. The van der Waals surface area contributed by atoms with Crippen LogP contribution in [-0.2, 0) is 21.3 Å². The van der Waals surface area contributed by atoms with Gasteiger partial charge in [-0.3, -0.25) is 0 Å². The second-order valence-corrected chi connectivity index (χ2v) is 11.2. The first-order valence-corrected chi connectivity index (χ1v) is 13.8. The van der Waals surface area contributed by atoms with Gasteiger partial charge >= 0.3 is 0 Å². The summed E-state index contributed by atoms with van der Waals surface area (Å²) >= 11 is 0. The Balaban J connectivity index is 1.33. The maximum absolute atomic E-state index is 12.7. The number of sulfonamides is 1. The van der Waals surface area contributed by atoms with Crippen molar-refractivity contribution in [1.82, 2.24) is 9.62 Å². The third-order valence-electron chi connectivity index (χ3n) is 7.06. The van der Waals surface area contributed by atoms with E-state index in [4.69, 9.17) is 9.47 Å². The summed E-state index contributed by atoms with van der Waals surface area (Å²) in [6.07, 6.45) is 6.74. The summed E-state index contributed by atoms with van der Waals surface area (Å²) in [6.45, 7) is 1.70. The molecule has 1 aliphatic heterocycles. The van der Waals surface area contributed by atoms with E-state index in [1.54, 1.807) is 11.4 Å². The van der Waals surface area contributed by atoms with E-state index in [-0.39, 0.29) is 18.2 Å². The van der Waals surface area contributed by atoms with Gasteiger partial charge < -0.3 is 14.8 Å². The molecule has 0 radical (unpaired) electrons. The average Bonchev–Trinajstić information content (AvgIpc) is 3.30. The van der Waals surface area contributed by atoms with Crippen LogP contribution in [0.2, 0.25) is 0 Å². The Morgan fingerprint density at radius 2 is 1.67 bits per heavy atom. The topological polar surface area (TPSA) is 67.9 Å². The Labute approximate surface area is 198 Å². The van der Waals surface area contributed by atoms with Crippen LogP contribution < -0.4 is 10.1 Å². The molecule has 4 rings (SSSR count). The highest BCUT2D eigenvalue weighted by atomic mass is 32.2. The molecule has 33 heavy (non-hydrogen) atoms. The lowest BCUT2D eigenvalue weighted by atomic mass is 9.83. The van der Waals surface area contributed by atoms with Crippen LogP contribution in [0.3, 0.4) is 0 Å². The Bertz CT molecular complexity index is 973. The number of hydrogen-bond acceptors (Lipinski definition) is 5. The number of nitrogens with one attached hydrogen (secondary N) is 1. The molecule has 1 aliphatic carbocycles. The maximum atomic E-state index is 12.7. The van der Waals surface area contributed by atoms with Crippen LogP contribution in [-0.4, -0.2) is 57.4 Å². The summed E-state index contributed by atoms with van der Waals surface area (Å²) in [5.74, 6) is 1.38. The Morgan fingerprint density at radius 1 is 0.970 bits per heavy atom. The minimum absolute atomic E-state index is 0.00446. The van der Waals surface area contributed by atoms with E-state index < -0.39 is 10.0 Å². The van der Waals surface area contributed by atoms with E-state index in [1.165, 1.54) is 11.8 Å². The molecule has 2 fully saturated rings. The van der Waals surface area contributed by atoms with Crippen molar-refractivity contribution in [3.8, 4) is 5.75 Å². The van der Waals surface area contributed by atoms with Crippen LogP contribution >= 0.6 is 0 Å². The predicted octanol–water partition coefficient (Wildman–Crippen LogP) is 3.93. The van der Waals surface area contributed by atoms with Crippen molar-refractivity contribution < 1.29 is 17.9 Å². The molecule has 0 amide bonds. The molecule has 0 spiro atoms. The summed E-state index contributed by atoms with van der Waals surface area (Å²) in [4.78, 5) is 0. The Morgan fingerprint density at radius 3 is 2.30 bits per heavy atom. The Kier molecular flexibility index (Phi) is 8.07. The summed E-state index contributed by atoms with van der Waals surface area (Å²) < 4.78 is 38.6.